The maximum atomic E-state index is 15.2. The zero-order valence-corrected chi connectivity index (χ0v) is 24.6. The highest BCUT2D eigenvalue weighted by atomic mass is 19.1. The zero-order valence-electron chi connectivity index (χ0n) is 24.6. The second-order valence-electron chi connectivity index (χ2n) is 12.0. The molecule has 10 nitrogen and oxygen atoms in total. The van der Waals surface area contributed by atoms with E-state index in [-0.39, 0.29) is 36.3 Å². The summed E-state index contributed by atoms with van der Waals surface area (Å²) in [7, 11) is 0. The lowest BCUT2D eigenvalue weighted by molar-refractivity contribution is -0.136. The van der Waals surface area contributed by atoms with Crippen molar-refractivity contribution in [2.45, 2.75) is 76.8 Å². The van der Waals surface area contributed by atoms with Crippen molar-refractivity contribution in [3.8, 4) is 0 Å². The SMILES string of the molecule is CCOCC1CCC(C)N1C1CN(Cc2ccc(CNc3cccc4c3C(=O)N(C3CCC(=O)NC3=O)C4=O)c(F)c2)C1. The Morgan fingerprint density at radius 2 is 1.86 bits per heavy atom. The number of piperidine rings is 1. The van der Waals surface area contributed by atoms with E-state index >= 15 is 4.39 Å². The maximum Gasteiger partial charge on any atom is 0.264 e. The van der Waals surface area contributed by atoms with Gasteiger partial charge in [-0.25, -0.2) is 4.39 Å². The van der Waals surface area contributed by atoms with Gasteiger partial charge in [-0.1, -0.05) is 18.2 Å². The third-order valence-electron chi connectivity index (χ3n) is 9.18. The van der Waals surface area contributed by atoms with Gasteiger partial charge in [0.2, 0.25) is 11.8 Å². The second kappa shape index (κ2) is 12.1. The van der Waals surface area contributed by atoms with Crippen LogP contribution in [0.5, 0.6) is 0 Å². The van der Waals surface area contributed by atoms with Gasteiger partial charge in [-0.05, 0) is 56.9 Å². The molecule has 0 spiro atoms. The summed E-state index contributed by atoms with van der Waals surface area (Å²) in [5, 5.41) is 5.32. The van der Waals surface area contributed by atoms with Crippen LogP contribution in [0.3, 0.4) is 0 Å². The van der Waals surface area contributed by atoms with Gasteiger partial charge in [0.05, 0.1) is 17.7 Å². The second-order valence-corrected chi connectivity index (χ2v) is 12.0. The van der Waals surface area contributed by atoms with E-state index < -0.39 is 29.7 Å². The minimum atomic E-state index is -1.04. The van der Waals surface area contributed by atoms with Gasteiger partial charge in [-0.15, -0.1) is 0 Å². The van der Waals surface area contributed by atoms with Crippen molar-refractivity contribution in [2.24, 2.45) is 0 Å². The number of nitrogens with one attached hydrogen (secondary N) is 2. The summed E-state index contributed by atoms with van der Waals surface area (Å²) in [5.41, 5.74) is 2.06. The number of anilines is 1. The van der Waals surface area contributed by atoms with Crippen LogP contribution in [0.2, 0.25) is 0 Å². The number of nitrogens with zero attached hydrogens (tertiary/aromatic N) is 3. The first-order valence-corrected chi connectivity index (χ1v) is 15.2. The number of hydrogen-bond donors (Lipinski definition) is 2. The molecule has 0 saturated carbocycles. The molecule has 0 bridgehead atoms. The van der Waals surface area contributed by atoms with Crippen LogP contribution in [0.25, 0.3) is 0 Å². The van der Waals surface area contributed by atoms with Crippen molar-refractivity contribution in [1.29, 1.82) is 0 Å². The maximum absolute atomic E-state index is 15.2. The molecule has 43 heavy (non-hydrogen) atoms. The van der Waals surface area contributed by atoms with Crippen LogP contribution in [-0.4, -0.2) is 88.8 Å². The normalized spacial score (nSPS) is 24.8. The molecule has 2 N–H and O–H groups in total. The number of amides is 4. The fraction of sp³-hybridized carbons (Fsp3) is 0.500. The molecule has 4 heterocycles. The number of carbonyl (C=O) groups excluding carboxylic acids is 4. The first-order chi connectivity index (χ1) is 20.7. The van der Waals surface area contributed by atoms with Crippen molar-refractivity contribution in [2.75, 3.05) is 31.6 Å². The predicted octanol–water partition coefficient (Wildman–Crippen LogP) is 2.91. The number of ether oxygens (including phenoxy) is 1. The Morgan fingerprint density at radius 1 is 1.05 bits per heavy atom. The predicted molar refractivity (Wildman–Crippen MR) is 157 cm³/mol. The van der Waals surface area contributed by atoms with Crippen LogP contribution in [-0.2, 0) is 27.4 Å². The van der Waals surface area contributed by atoms with Crippen LogP contribution < -0.4 is 10.6 Å². The van der Waals surface area contributed by atoms with E-state index in [1.807, 2.05) is 13.0 Å². The monoisotopic (exact) mass is 591 g/mol. The molecule has 4 aliphatic rings. The molecule has 11 heteroatoms. The van der Waals surface area contributed by atoms with Crippen LogP contribution in [0.15, 0.2) is 36.4 Å². The molecule has 3 fully saturated rings. The molecule has 0 aliphatic carbocycles. The molecular formula is C32H38FN5O5. The number of rotatable bonds is 10. The molecule has 3 unspecified atom stereocenters. The van der Waals surface area contributed by atoms with Gasteiger partial charge in [-0.3, -0.25) is 39.2 Å². The van der Waals surface area contributed by atoms with Crippen molar-refractivity contribution in [3.63, 3.8) is 0 Å². The van der Waals surface area contributed by atoms with Crippen molar-refractivity contribution in [1.82, 2.24) is 20.0 Å². The fourth-order valence-corrected chi connectivity index (χ4v) is 6.98. The number of imide groups is 2. The summed E-state index contributed by atoms with van der Waals surface area (Å²) < 4.78 is 20.9. The molecule has 4 amide bonds. The van der Waals surface area contributed by atoms with Crippen molar-refractivity contribution < 1.29 is 28.3 Å². The topological polar surface area (TPSA) is 111 Å². The molecule has 6 rings (SSSR count). The summed E-state index contributed by atoms with van der Waals surface area (Å²) in [6, 6.07) is 10.6. The Bertz CT molecular complexity index is 1440. The van der Waals surface area contributed by atoms with Crippen molar-refractivity contribution in [3.05, 3.63) is 64.5 Å². The van der Waals surface area contributed by atoms with E-state index in [2.05, 4.69) is 27.4 Å². The van der Waals surface area contributed by atoms with Crippen molar-refractivity contribution >= 4 is 29.3 Å². The van der Waals surface area contributed by atoms with E-state index in [1.165, 1.54) is 18.9 Å². The third-order valence-corrected chi connectivity index (χ3v) is 9.18. The zero-order chi connectivity index (χ0) is 30.2. The largest absolute Gasteiger partial charge is 0.380 e. The quantitative estimate of drug-likeness (QED) is 0.406. The van der Waals surface area contributed by atoms with Gasteiger partial charge in [0.15, 0.2) is 0 Å². The third kappa shape index (κ3) is 5.69. The lowest BCUT2D eigenvalue weighted by Gasteiger charge is -2.48. The number of likely N-dealkylation sites (tertiary alicyclic amines) is 2. The lowest BCUT2D eigenvalue weighted by atomic mass is 10.0. The van der Waals surface area contributed by atoms with Gasteiger partial charge in [-0.2, -0.15) is 0 Å². The van der Waals surface area contributed by atoms with E-state index in [0.717, 1.165) is 36.8 Å². The number of fused-ring (bicyclic) bond motifs is 1. The average Bonchev–Trinajstić information content (AvgIpc) is 3.45. The van der Waals surface area contributed by atoms with Crippen LogP contribution in [0.4, 0.5) is 10.1 Å². The minimum Gasteiger partial charge on any atom is -0.380 e. The highest BCUT2D eigenvalue weighted by Gasteiger charge is 2.46. The summed E-state index contributed by atoms with van der Waals surface area (Å²) in [5.74, 6) is -2.61. The summed E-state index contributed by atoms with van der Waals surface area (Å²) in [4.78, 5) is 56.2. The highest BCUT2D eigenvalue weighted by molar-refractivity contribution is 6.25. The number of carbonyl (C=O) groups is 4. The standard InChI is InChI=1S/C32H38FN5O5/c1-3-43-18-22-10-7-19(2)37(22)23-16-36(17-23)15-20-8-9-21(25(33)13-20)14-34-26-6-4-5-24-29(26)32(42)38(31(24)41)27-11-12-28(39)35-30(27)40/h4-6,8-9,13,19,22-23,27,34H,3,7,10-12,14-18H2,1-2H3,(H,35,39,40). The molecular weight excluding hydrogens is 553 g/mol. The molecule has 3 atom stereocenters. The van der Waals surface area contributed by atoms with Gasteiger partial charge in [0, 0.05) is 68.6 Å². The van der Waals surface area contributed by atoms with Crippen LogP contribution in [0.1, 0.15) is 71.4 Å². The summed E-state index contributed by atoms with van der Waals surface area (Å²) in [6.07, 6.45) is 2.51. The number of benzene rings is 2. The smallest absolute Gasteiger partial charge is 0.264 e. The van der Waals surface area contributed by atoms with E-state index in [0.29, 0.717) is 35.9 Å². The Balaban J connectivity index is 1.06. The Hall–Kier alpha value is -3.67. The van der Waals surface area contributed by atoms with Gasteiger partial charge >= 0.3 is 0 Å². The Morgan fingerprint density at radius 3 is 2.60 bits per heavy atom. The fourth-order valence-electron chi connectivity index (χ4n) is 6.98. The molecule has 2 aromatic carbocycles. The average molecular weight is 592 g/mol. The van der Waals surface area contributed by atoms with Gasteiger partial charge < -0.3 is 10.1 Å². The molecule has 0 aromatic heterocycles. The van der Waals surface area contributed by atoms with E-state index in [4.69, 9.17) is 4.74 Å². The molecule has 228 valence electrons. The van der Waals surface area contributed by atoms with Crippen LogP contribution >= 0.6 is 0 Å². The van der Waals surface area contributed by atoms with Gasteiger partial charge in [0.25, 0.3) is 11.8 Å². The molecule has 2 aromatic rings. The van der Waals surface area contributed by atoms with Crippen LogP contribution in [0, 0.1) is 5.82 Å². The summed E-state index contributed by atoms with van der Waals surface area (Å²) in [6.45, 7) is 8.56. The Labute approximate surface area is 250 Å². The van der Waals surface area contributed by atoms with E-state index in [1.54, 1.807) is 24.3 Å². The summed E-state index contributed by atoms with van der Waals surface area (Å²) >= 11 is 0. The minimum absolute atomic E-state index is 0.0507. The lowest BCUT2D eigenvalue weighted by Crippen LogP contribution is -2.61. The van der Waals surface area contributed by atoms with E-state index in [9.17, 15) is 19.2 Å². The molecule has 3 saturated heterocycles. The number of hydrogen-bond acceptors (Lipinski definition) is 8. The Kier molecular flexibility index (Phi) is 8.30. The molecule has 0 radical (unpaired) electrons. The van der Waals surface area contributed by atoms with Gasteiger partial charge in [0.1, 0.15) is 11.9 Å². The first-order valence-electron chi connectivity index (χ1n) is 15.2. The first kappa shape index (κ1) is 29.4. The number of halogens is 1. The molecule has 4 aliphatic heterocycles. The highest BCUT2D eigenvalue weighted by Crippen LogP contribution is 2.33.